The van der Waals surface area contributed by atoms with E-state index in [4.69, 9.17) is 4.74 Å². The van der Waals surface area contributed by atoms with Crippen molar-refractivity contribution >= 4 is 44.4 Å². The van der Waals surface area contributed by atoms with Gasteiger partial charge in [0.1, 0.15) is 5.75 Å². The summed E-state index contributed by atoms with van der Waals surface area (Å²) in [5.74, 6) is -2.32. The lowest BCUT2D eigenvalue weighted by molar-refractivity contribution is 0.102. The lowest BCUT2D eigenvalue weighted by Gasteiger charge is -2.07. The van der Waals surface area contributed by atoms with E-state index in [1.54, 1.807) is 12.1 Å². The third kappa shape index (κ3) is 4.26. The summed E-state index contributed by atoms with van der Waals surface area (Å²) >= 11 is 1.65. The fourth-order valence-corrected chi connectivity index (χ4v) is 3.76. The van der Waals surface area contributed by atoms with E-state index in [9.17, 15) is 13.6 Å². The molecule has 0 aliphatic carbocycles. The number of aromatic nitrogens is 1. The summed E-state index contributed by atoms with van der Waals surface area (Å²) in [5.41, 5.74) is 0.932. The van der Waals surface area contributed by atoms with Crippen molar-refractivity contribution in [2.75, 3.05) is 11.9 Å². The second-order valence-corrected chi connectivity index (χ2v) is 6.97. The molecule has 2 aromatic carbocycles. The number of rotatable bonds is 6. The van der Waals surface area contributed by atoms with Crippen LogP contribution in [0.25, 0.3) is 10.2 Å². The van der Waals surface area contributed by atoms with Gasteiger partial charge in [0.25, 0.3) is 11.7 Å². The number of hydrogen-bond acceptors (Lipinski definition) is 5. The molecule has 3 rings (SSSR count). The van der Waals surface area contributed by atoms with Gasteiger partial charge >= 0.3 is 0 Å². The van der Waals surface area contributed by atoms with Crippen molar-refractivity contribution in [2.45, 2.75) is 17.6 Å². The Morgan fingerprint density at radius 2 is 2.12 bits per heavy atom. The number of carbonyl (C=O) groups is 1. The second-order valence-electron chi connectivity index (χ2n) is 4.91. The number of nitrogens with zero attached hydrogens (tertiary/aromatic N) is 1. The number of fused-ring (bicyclic) bond motifs is 1. The lowest BCUT2D eigenvalue weighted by Crippen LogP contribution is -2.12. The number of benzene rings is 2. The van der Waals surface area contributed by atoms with Gasteiger partial charge in [-0.1, -0.05) is 35.2 Å². The maximum atomic E-state index is 12.6. The first kappa shape index (κ1) is 17.6. The van der Waals surface area contributed by atoms with Gasteiger partial charge < -0.3 is 4.74 Å². The summed E-state index contributed by atoms with van der Waals surface area (Å²) in [4.78, 5) is 17.0. The van der Waals surface area contributed by atoms with E-state index < -0.39 is 11.7 Å². The van der Waals surface area contributed by atoms with Gasteiger partial charge in [-0.25, -0.2) is 4.98 Å². The van der Waals surface area contributed by atoms with Crippen molar-refractivity contribution in [1.29, 1.82) is 0 Å². The molecule has 0 saturated heterocycles. The van der Waals surface area contributed by atoms with Crippen LogP contribution in [-0.4, -0.2) is 23.3 Å². The van der Waals surface area contributed by atoms with Crippen molar-refractivity contribution in [3.63, 3.8) is 0 Å². The largest absolute Gasteiger partial charge is 0.494 e. The molecule has 25 heavy (non-hydrogen) atoms. The topological polar surface area (TPSA) is 51.2 Å². The molecule has 130 valence electrons. The molecule has 0 bridgehead atoms. The summed E-state index contributed by atoms with van der Waals surface area (Å²) in [5, 5.41) is 3.09. The van der Waals surface area contributed by atoms with Crippen LogP contribution in [0.15, 0.2) is 47.4 Å². The summed E-state index contributed by atoms with van der Waals surface area (Å²) < 4.78 is 31.6. The molecule has 0 atom stereocenters. The molecule has 0 fully saturated rings. The lowest BCUT2D eigenvalue weighted by atomic mass is 10.2. The molecule has 1 N–H and O–H groups in total. The van der Waals surface area contributed by atoms with Crippen LogP contribution >= 0.6 is 23.1 Å². The Bertz CT molecular complexity index is 899. The fraction of sp³-hybridized carbons (Fsp3) is 0.176. The number of anilines is 1. The van der Waals surface area contributed by atoms with Crippen LogP contribution in [-0.2, 0) is 0 Å². The minimum absolute atomic E-state index is 0.196. The van der Waals surface area contributed by atoms with E-state index in [0.717, 1.165) is 16.0 Å². The smallest absolute Gasteiger partial charge is 0.288 e. The van der Waals surface area contributed by atoms with Crippen LogP contribution in [0.3, 0.4) is 0 Å². The van der Waals surface area contributed by atoms with E-state index in [2.05, 4.69) is 10.3 Å². The minimum atomic E-state index is -2.59. The van der Waals surface area contributed by atoms with Crippen LogP contribution in [0, 0.1) is 0 Å². The van der Waals surface area contributed by atoms with Crippen LogP contribution < -0.4 is 10.1 Å². The molecule has 0 aliphatic rings. The quantitative estimate of drug-likeness (QED) is 0.593. The number of carbonyl (C=O) groups excluding carboxylic acids is 1. The summed E-state index contributed by atoms with van der Waals surface area (Å²) in [7, 11) is 0. The Hall–Kier alpha value is -2.19. The standard InChI is InChI=1S/C17H14F2N2O2S2/c1-2-23-10-7-8-12-14(9-10)25-17(20-12)21-15(22)11-5-3-4-6-13(11)24-16(18)19/h3-9,16H,2H2,1H3,(H,20,21,22). The second kappa shape index (κ2) is 7.79. The predicted octanol–water partition coefficient (Wildman–Crippen LogP) is 5.26. The number of alkyl halides is 2. The Labute approximate surface area is 151 Å². The van der Waals surface area contributed by atoms with Gasteiger partial charge in [0.05, 0.1) is 22.4 Å². The number of thiazole rings is 1. The van der Waals surface area contributed by atoms with Gasteiger partial charge in [0.15, 0.2) is 5.13 Å². The van der Waals surface area contributed by atoms with E-state index in [-0.39, 0.29) is 10.5 Å². The van der Waals surface area contributed by atoms with Crippen LogP contribution in [0.5, 0.6) is 5.75 Å². The van der Waals surface area contributed by atoms with Crippen molar-refractivity contribution in [2.24, 2.45) is 0 Å². The van der Waals surface area contributed by atoms with Gasteiger partial charge in [0.2, 0.25) is 0 Å². The maximum Gasteiger partial charge on any atom is 0.288 e. The van der Waals surface area contributed by atoms with Gasteiger partial charge in [-0.3, -0.25) is 10.1 Å². The zero-order chi connectivity index (χ0) is 17.8. The third-order valence-corrected chi connectivity index (χ3v) is 4.96. The zero-order valence-electron chi connectivity index (χ0n) is 13.2. The molecule has 0 unspecified atom stereocenters. The van der Waals surface area contributed by atoms with Crippen LogP contribution in [0.2, 0.25) is 0 Å². The fourth-order valence-electron chi connectivity index (χ4n) is 2.23. The SMILES string of the molecule is CCOc1ccc2nc(NC(=O)c3ccccc3SC(F)F)sc2c1. The first-order chi connectivity index (χ1) is 12.1. The molecule has 0 aliphatic heterocycles. The van der Waals surface area contributed by atoms with E-state index >= 15 is 0 Å². The zero-order valence-corrected chi connectivity index (χ0v) is 14.8. The van der Waals surface area contributed by atoms with E-state index in [0.29, 0.717) is 23.5 Å². The highest BCUT2D eigenvalue weighted by atomic mass is 32.2. The molecule has 0 saturated carbocycles. The monoisotopic (exact) mass is 380 g/mol. The first-order valence-electron chi connectivity index (χ1n) is 7.45. The Balaban J connectivity index is 1.82. The summed E-state index contributed by atoms with van der Waals surface area (Å²) in [6.45, 7) is 2.46. The van der Waals surface area contributed by atoms with Crippen molar-refractivity contribution in [1.82, 2.24) is 4.98 Å². The van der Waals surface area contributed by atoms with Gasteiger partial charge in [-0.05, 0) is 37.3 Å². The molecule has 1 amide bonds. The summed E-state index contributed by atoms with van der Waals surface area (Å²) in [6.07, 6.45) is 0. The molecular weight excluding hydrogens is 366 g/mol. The molecule has 0 radical (unpaired) electrons. The van der Waals surface area contributed by atoms with Gasteiger partial charge in [-0.15, -0.1) is 0 Å². The Kier molecular flexibility index (Phi) is 5.50. The Morgan fingerprint density at radius 1 is 1.32 bits per heavy atom. The normalized spacial score (nSPS) is 11.0. The third-order valence-electron chi connectivity index (χ3n) is 3.24. The van der Waals surface area contributed by atoms with Gasteiger partial charge in [-0.2, -0.15) is 8.78 Å². The number of thioether (sulfide) groups is 1. The van der Waals surface area contributed by atoms with E-state index in [1.165, 1.54) is 23.5 Å². The number of halogens is 2. The van der Waals surface area contributed by atoms with Gasteiger partial charge in [0, 0.05) is 4.90 Å². The molecule has 0 spiro atoms. The minimum Gasteiger partial charge on any atom is -0.494 e. The maximum absolute atomic E-state index is 12.6. The number of ether oxygens (including phenoxy) is 1. The summed E-state index contributed by atoms with van der Waals surface area (Å²) in [6, 6.07) is 11.7. The highest BCUT2D eigenvalue weighted by molar-refractivity contribution is 7.99. The molecular formula is C17H14F2N2O2S2. The van der Waals surface area contributed by atoms with Crippen molar-refractivity contribution in [3.8, 4) is 5.75 Å². The Morgan fingerprint density at radius 3 is 2.88 bits per heavy atom. The average molecular weight is 380 g/mol. The molecule has 8 heteroatoms. The molecule has 4 nitrogen and oxygen atoms in total. The number of amides is 1. The highest BCUT2D eigenvalue weighted by Crippen LogP contribution is 2.31. The predicted molar refractivity (Wildman–Crippen MR) is 97.0 cm³/mol. The van der Waals surface area contributed by atoms with Crippen molar-refractivity contribution < 1.29 is 18.3 Å². The molecule has 3 aromatic rings. The number of nitrogens with one attached hydrogen (secondary N) is 1. The molecule has 1 heterocycles. The van der Waals surface area contributed by atoms with Crippen molar-refractivity contribution in [3.05, 3.63) is 48.0 Å². The average Bonchev–Trinajstić information content (AvgIpc) is 2.96. The number of hydrogen-bond donors (Lipinski definition) is 1. The molecule has 1 aromatic heterocycles. The van der Waals surface area contributed by atoms with Crippen LogP contribution in [0.4, 0.5) is 13.9 Å². The highest BCUT2D eigenvalue weighted by Gasteiger charge is 2.16. The first-order valence-corrected chi connectivity index (χ1v) is 9.15. The van der Waals surface area contributed by atoms with Crippen LogP contribution in [0.1, 0.15) is 17.3 Å². The van der Waals surface area contributed by atoms with E-state index in [1.807, 2.05) is 25.1 Å².